The van der Waals surface area contributed by atoms with Gasteiger partial charge < -0.3 is 9.84 Å². The van der Waals surface area contributed by atoms with E-state index in [2.05, 4.69) is 11.4 Å². The normalized spacial score (nSPS) is 13.1. The van der Waals surface area contributed by atoms with E-state index in [9.17, 15) is 4.79 Å². The molecule has 93 valence electrons. The third-order valence-electron chi connectivity index (χ3n) is 1.99. The molecular weight excluding hydrogens is 218 g/mol. The van der Waals surface area contributed by atoms with Crippen LogP contribution in [0.5, 0.6) is 0 Å². The smallest absolute Gasteiger partial charge is 0.406 e. The van der Waals surface area contributed by atoms with Gasteiger partial charge in [-0.15, -0.1) is 0 Å². The van der Waals surface area contributed by atoms with Gasteiger partial charge in [-0.05, 0) is 32.4 Å². The molecule has 1 atom stereocenters. The quantitative estimate of drug-likeness (QED) is 0.789. The van der Waals surface area contributed by atoms with Gasteiger partial charge in [0, 0.05) is 6.42 Å². The Hall–Kier alpha value is -1.55. The van der Waals surface area contributed by atoms with Crippen molar-refractivity contribution in [1.82, 2.24) is 5.32 Å². The van der Waals surface area contributed by atoms with Gasteiger partial charge in [-0.1, -0.05) is 24.3 Å². The fourth-order valence-corrected chi connectivity index (χ4v) is 1.46. The molecule has 0 heterocycles. The van der Waals surface area contributed by atoms with Crippen molar-refractivity contribution < 1.29 is 14.6 Å². The Bertz CT molecular complexity index is 357. The highest BCUT2D eigenvalue weighted by molar-refractivity contribution is 5.64. The molecule has 1 aromatic rings. The molecule has 2 N–H and O–H groups in total. The molecule has 0 saturated heterocycles. The molecule has 0 fully saturated rings. The molecule has 0 bridgehead atoms. The molecular formula is C13H18NO3. The number of carbonyl (C=O) groups is 1. The lowest BCUT2D eigenvalue weighted by atomic mass is 10.1. The Morgan fingerprint density at radius 1 is 1.47 bits per heavy atom. The van der Waals surface area contributed by atoms with Crippen molar-refractivity contribution >= 4 is 6.09 Å². The summed E-state index contributed by atoms with van der Waals surface area (Å²) in [5.41, 5.74) is 0.611. The molecule has 0 aliphatic heterocycles. The minimum atomic E-state index is -1.08. The molecule has 1 radical (unpaired) electrons. The number of carboxylic acid groups (broad SMARTS) is 1. The molecule has 0 spiro atoms. The van der Waals surface area contributed by atoms with Gasteiger partial charge in [-0.3, -0.25) is 5.32 Å². The maximum Gasteiger partial charge on any atom is 0.406 e. The summed E-state index contributed by atoms with van der Waals surface area (Å²) in [6.45, 7) is 5.67. The van der Waals surface area contributed by atoms with Crippen LogP contribution < -0.4 is 5.32 Å². The molecule has 1 unspecified atom stereocenters. The summed E-state index contributed by atoms with van der Waals surface area (Å²) in [4.78, 5) is 10.7. The van der Waals surface area contributed by atoms with E-state index in [-0.39, 0.29) is 0 Å². The van der Waals surface area contributed by atoms with Crippen molar-refractivity contribution in [2.24, 2.45) is 0 Å². The fourth-order valence-electron chi connectivity index (χ4n) is 1.46. The molecule has 1 aromatic carbocycles. The van der Waals surface area contributed by atoms with Crippen molar-refractivity contribution in [2.75, 3.05) is 0 Å². The van der Waals surface area contributed by atoms with Crippen LogP contribution in [0.15, 0.2) is 24.3 Å². The molecule has 0 aliphatic carbocycles. The van der Waals surface area contributed by atoms with Crippen LogP contribution in [0.1, 0.15) is 26.3 Å². The topological polar surface area (TPSA) is 58.6 Å². The van der Waals surface area contributed by atoms with Crippen LogP contribution in [0.4, 0.5) is 4.79 Å². The predicted octanol–water partition coefficient (Wildman–Crippen LogP) is 2.44. The lowest BCUT2D eigenvalue weighted by Crippen LogP contribution is -2.42. The summed E-state index contributed by atoms with van der Waals surface area (Å²) in [5.74, 6) is 0. The maximum absolute atomic E-state index is 10.7. The van der Waals surface area contributed by atoms with E-state index >= 15 is 0 Å². The largest absolute Gasteiger partial charge is 0.465 e. The number of rotatable bonds is 4. The second kappa shape index (κ2) is 5.68. The fraction of sp³-hybridized carbons (Fsp3) is 0.462. The zero-order valence-electron chi connectivity index (χ0n) is 10.4. The minimum absolute atomic E-state index is 0.395. The van der Waals surface area contributed by atoms with Crippen molar-refractivity contribution in [1.29, 1.82) is 0 Å². The first-order chi connectivity index (χ1) is 7.87. The summed E-state index contributed by atoms with van der Waals surface area (Å²) >= 11 is 0. The second-order valence-electron chi connectivity index (χ2n) is 4.78. The lowest BCUT2D eigenvalue weighted by Gasteiger charge is -2.27. The Balaban J connectivity index is 2.67. The zero-order chi connectivity index (χ0) is 12.9. The molecule has 0 saturated carbocycles. The van der Waals surface area contributed by atoms with E-state index in [1.165, 1.54) is 0 Å². The van der Waals surface area contributed by atoms with E-state index in [4.69, 9.17) is 9.84 Å². The summed E-state index contributed by atoms with van der Waals surface area (Å²) < 4.78 is 5.65. The maximum atomic E-state index is 10.7. The first-order valence-electron chi connectivity index (χ1n) is 5.49. The van der Waals surface area contributed by atoms with Gasteiger partial charge in [0.1, 0.15) is 6.23 Å². The molecule has 1 rings (SSSR count). The summed E-state index contributed by atoms with van der Waals surface area (Å²) in [5, 5.41) is 11.1. The van der Waals surface area contributed by atoms with Gasteiger partial charge in [0.2, 0.25) is 0 Å². The Morgan fingerprint density at radius 3 is 2.53 bits per heavy atom. The highest BCUT2D eigenvalue weighted by Gasteiger charge is 2.20. The van der Waals surface area contributed by atoms with E-state index < -0.39 is 17.9 Å². The zero-order valence-corrected chi connectivity index (χ0v) is 10.4. The summed E-state index contributed by atoms with van der Waals surface area (Å²) in [6, 6.07) is 10.3. The average molecular weight is 236 g/mol. The van der Waals surface area contributed by atoms with Crippen LogP contribution in [-0.2, 0) is 11.2 Å². The van der Waals surface area contributed by atoms with Crippen molar-refractivity contribution in [3.8, 4) is 0 Å². The van der Waals surface area contributed by atoms with Gasteiger partial charge in [0.05, 0.1) is 5.60 Å². The first-order valence-corrected chi connectivity index (χ1v) is 5.49. The summed E-state index contributed by atoms with van der Waals surface area (Å²) in [7, 11) is 0. The molecule has 1 amide bonds. The minimum Gasteiger partial charge on any atom is -0.465 e. The number of amides is 1. The Labute approximate surface area is 102 Å². The monoisotopic (exact) mass is 236 g/mol. The molecule has 4 nitrogen and oxygen atoms in total. The van der Waals surface area contributed by atoms with Crippen molar-refractivity contribution in [2.45, 2.75) is 39.0 Å². The lowest BCUT2D eigenvalue weighted by molar-refractivity contribution is -0.0703. The standard InChI is InChI=1S/C13H18NO3/c1-13(2,3)17-11(14-12(15)16)9-10-7-5-4-6-8-10/h5-8,11,14H,9H2,1-3H3,(H,15,16). The highest BCUT2D eigenvalue weighted by Crippen LogP contribution is 2.13. The van der Waals surface area contributed by atoms with Crippen LogP contribution in [0, 0.1) is 6.07 Å². The number of benzene rings is 1. The molecule has 4 heteroatoms. The van der Waals surface area contributed by atoms with Gasteiger partial charge in [0.25, 0.3) is 0 Å². The van der Waals surface area contributed by atoms with Crippen LogP contribution in [0.3, 0.4) is 0 Å². The average Bonchev–Trinajstić information content (AvgIpc) is 2.15. The highest BCUT2D eigenvalue weighted by atomic mass is 16.5. The van der Waals surface area contributed by atoms with E-state index in [0.29, 0.717) is 6.42 Å². The number of hydrogen-bond donors (Lipinski definition) is 2. The van der Waals surface area contributed by atoms with Crippen LogP contribution >= 0.6 is 0 Å². The molecule has 0 aliphatic rings. The molecule has 17 heavy (non-hydrogen) atoms. The van der Waals surface area contributed by atoms with Crippen LogP contribution in [0.25, 0.3) is 0 Å². The van der Waals surface area contributed by atoms with Crippen LogP contribution in [-0.4, -0.2) is 23.0 Å². The third kappa shape index (κ3) is 5.92. The number of nitrogens with one attached hydrogen (secondary N) is 1. The van der Waals surface area contributed by atoms with E-state index in [1.54, 1.807) is 12.1 Å². The molecule has 0 aromatic heterocycles. The number of ether oxygens (including phenoxy) is 1. The van der Waals surface area contributed by atoms with Crippen LogP contribution in [0.2, 0.25) is 0 Å². The van der Waals surface area contributed by atoms with Gasteiger partial charge >= 0.3 is 6.09 Å². The second-order valence-corrected chi connectivity index (χ2v) is 4.78. The third-order valence-corrected chi connectivity index (χ3v) is 1.99. The first kappa shape index (κ1) is 13.5. The van der Waals surface area contributed by atoms with E-state index in [0.717, 1.165) is 5.56 Å². The SMILES string of the molecule is CC(C)(C)OC(Cc1cc[c]cc1)NC(=O)O. The van der Waals surface area contributed by atoms with E-state index in [1.807, 2.05) is 32.9 Å². The predicted molar refractivity (Wildman–Crippen MR) is 64.8 cm³/mol. The van der Waals surface area contributed by atoms with Crippen molar-refractivity contribution in [3.63, 3.8) is 0 Å². The number of hydrogen-bond acceptors (Lipinski definition) is 2. The summed E-state index contributed by atoms with van der Waals surface area (Å²) in [6.07, 6.45) is -1.13. The van der Waals surface area contributed by atoms with Gasteiger partial charge in [-0.2, -0.15) is 0 Å². The Kier molecular flexibility index (Phi) is 4.52. The Morgan fingerprint density at radius 2 is 2.06 bits per heavy atom. The van der Waals surface area contributed by atoms with Gasteiger partial charge in [-0.25, -0.2) is 4.79 Å². The van der Waals surface area contributed by atoms with Crippen molar-refractivity contribution in [3.05, 3.63) is 35.9 Å². The van der Waals surface area contributed by atoms with Gasteiger partial charge in [0.15, 0.2) is 0 Å².